The molecule has 0 radical (unpaired) electrons. The van der Waals surface area contributed by atoms with Crippen LogP contribution in [-0.2, 0) is 9.53 Å². The number of hydrogen-bond donors (Lipinski definition) is 0. The van der Waals surface area contributed by atoms with E-state index in [0.717, 1.165) is 0 Å². The van der Waals surface area contributed by atoms with E-state index in [-0.39, 0.29) is 29.0 Å². The normalized spacial score (nSPS) is 31.3. The highest BCUT2D eigenvalue weighted by Crippen LogP contribution is 2.59. The van der Waals surface area contributed by atoms with E-state index in [1.807, 2.05) is 13.8 Å². The highest BCUT2D eigenvalue weighted by molar-refractivity contribution is 5.78. The van der Waals surface area contributed by atoms with E-state index in [1.54, 1.807) is 0 Å². The number of allylic oxidation sites excluding steroid dienone is 2. The molecule has 0 N–H and O–H groups in total. The van der Waals surface area contributed by atoms with Gasteiger partial charge in [-0.25, -0.2) is 4.39 Å². The molecule has 0 aromatic rings. The van der Waals surface area contributed by atoms with Crippen molar-refractivity contribution in [1.29, 1.82) is 0 Å². The highest BCUT2D eigenvalue weighted by Gasteiger charge is 2.61. The lowest BCUT2D eigenvalue weighted by atomic mass is 10.1. The molecule has 1 aliphatic carbocycles. The first-order valence-electron chi connectivity index (χ1n) is 4.33. The van der Waals surface area contributed by atoms with Crippen LogP contribution in [0.5, 0.6) is 0 Å². The van der Waals surface area contributed by atoms with Crippen LogP contribution in [-0.4, -0.2) is 13.1 Å². The predicted octanol–water partition coefficient (Wildman–Crippen LogP) is 2.30. The standard InChI is InChI=1S/C10H15FO2/c1-6(11)5-7-8(9(12)13-4)10(7,2)3/h5,7-8H,1-4H3. The summed E-state index contributed by atoms with van der Waals surface area (Å²) in [5.41, 5.74) is -0.152. The van der Waals surface area contributed by atoms with Crippen LogP contribution in [0.1, 0.15) is 20.8 Å². The van der Waals surface area contributed by atoms with E-state index in [1.165, 1.54) is 20.1 Å². The third kappa shape index (κ3) is 1.74. The minimum Gasteiger partial charge on any atom is -0.469 e. The predicted molar refractivity (Wildman–Crippen MR) is 47.6 cm³/mol. The number of halogens is 1. The number of ether oxygens (including phenoxy) is 1. The fourth-order valence-electron chi connectivity index (χ4n) is 1.81. The molecule has 0 amide bonds. The molecule has 1 rings (SSSR count). The molecule has 3 heteroatoms. The van der Waals surface area contributed by atoms with Gasteiger partial charge in [-0.15, -0.1) is 0 Å². The molecule has 0 aliphatic heterocycles. The van der Waals surface area contributed by atoms with Crippen LogP contribution in [0, 0.1) is 17.3 Å². The Morgan fingerprint density at radius 2 is 2.08 bits per heavy atom. The third-order valence-electron chi connectivity index (χ3n) is 2.78. The fourth-order valence-corrected chi connectivity index (χ4v) is 1.81. The van der Waals surface area contributed by atoms with Gasteiger partial charge in [0.15, 0.2) is 0 Å². The molecule has 0 aromatic carbocycles. The molecule has 2 nitrogen and oxygen atoms in total. The Morgan fingerprint density at radius 3 is 2.46 bits per heavy atom. The van der Waals surface area contributed by atoms with Crippen LogP contribution < -0.4 is 0 Å². The van der Waals surface area contributed by atoms with Gasteiger partial charge in [-0.1, -0.05) is 13.8 Å². The zero-order valence-corrected chi connectivity index (χ0v) is 8.43. The van der Waals surface area contributed by atoms with E-state index >= 15 is 0 Å². The van der Waals surface area contributed by atoms with Gasteiger partial charge in [0.1, 0.15) is 0 Å². The van der Waals surface area contributed by atoms with Crippen molar-refractivity contribution in [2.24, 2.45) is 17.3 Å². The third-order valence-corrected chi connectivity index (χ3v) is 2.78. The van der Waals surface area contributed by atoms with Gasteiger partial charge in [-0.05, 0) is 24.3 Å². The van der Waals surface area contributed by atoms with Crippen LogP contribution >= 0.6 is 0 Å². The van der Waals surface area contributed by atoms with E-state index in [9.17, 15) is 9.18 Å². The summed E-state index contributed by atoms with van der Waals surface area (Å²) in [6, 6.07) is 0. The molecule has 0 aromatic heterocycles. The average molecular weight is 186 g/mol. The summed E-state index contributed by atoms with van der Waals surface area (Å²) in [5.74, 6) is -0.662. The smallest absolute Gasteiger partial charge is 0.309 e. The van der Waals surface area contributed by atoms with Gasteiger partial charge in [0.2, 0.25) is 0 Å². The molecular weight excluding hydrogens is 171 g/mol. The molecule has 13 heavy (non-hydrogen) atoms. The second-order valence-corrected chi connectivity index (χ2v) is 4.10. The Bertz CT molecular complexity index is 252. The maximum atomic E-state index is 12.6. The molecular formula is C10H15FO2. The van der Waals surface area contributed by atoms with Gasteiger partial charge in [0.05, 0.1) is 18.9 Å². The van der Waals surface area contributed by atoms with Gasteiger partial charge in [-0.3, -0.25) is 4.79 Å². The second kappa shape index (κ2) is 3.13. The monoisotopic (exact) mass is 186 g/mol. The van der Waals surface area contributed by atoms with Gasteiger partial charge < -0.3 is 4.74 Å². The van der Waals surface area contributed by atoms with E-state index in [4.69, 9.17) is 0 Å². The first-order valence-corrected chi connectivity index (χ1v) is 4.33. The van der Waals surface area contributed by atoms with Gasteiger partial charge in [-0.2, -0.15) is 0 Å². The number of esters is 1. The summed E-state index contributed by atoms with van der Waals surface area (Å²) >= 11 is 0. The second-order valence-electron chi connectivity index (χ2n) is 4.10. The molecule has 1 aliphatic rings. The summed E-state index contributed by atoms with van der Waals surface area (Å²) in [6.45, 7) is 5.28. The van der Waals surface area contributed by atoms with E-state index in [0.29, 0.717) is 0 Å². The van der Waals surface area contributed by atoms with Crippen LogP contribution in [0.3, 0.4) is 0 Å². The first-order chi connectivity index (χ1) is 5.91. The Kier molecular flexibility index (Phi) is 2.46. The van der Waals surface area contributed by atoms with Crippen molar-refractivity contribution in [3.05, 3.63) is 11.9 Å². The quantitative estimate of drug-likeness (QED) is 0.618. The molecule has 1 fully saturated rings. The van der Waals surface area contributed by atoms with Crippen molar-refractivity contribution in [1.82, 2.24) is 0 Å². The van der Waals surface area contributed by atoms with Crippen LogP contribution in [0.2, 0.25) is 0 Å². The minimum atomic E-state index is -0.243. The number of carbonyl (C=O) groups is 1. The van der Waals surface area contributed by atoms with Crippen molar-refractivity contribution in [3.63, 3.8) is 0 Å². The summed E-state index contributed by atoms with van der Waals surface area (Å²) in [5, 5.41) is 0. The lowest BCUT2D eigenvalue weighted by Crippen LogP contribution is -2.07. The van der Waals surface area contributed by atoms with Crippen LogP contribution in [0.15, 0.2) is 11.9 Å². The molecule has 2 atom stereocenters. The Labute approximate surface area is 77.8 Å². The Hall–Kier alpha value is -0.860. The van der Waals surface area contributed by atoms with E-state index < -0.39 is 0 Å². The van der Waals surface area contributed by atoms with Crippen LogP contribution in [0.4, 0.5) is 4.39 Å². The van der Waals surface area contributed by atoms with Gasteiger partial charge >= 0.3 is 5.97 Å². The van der Waals surface area contributed by atoms with Crippen molar-refractivity contribution in [3.8, 4) is 0 Å². The molecule has 1 saturated carbocycles. The first kappa shape index (κ1) is 10.2. The molecule has 0 heterocycles. The molecule has 0 bridgehead atoms. The van der Waals surface area contributed by atoms with Gasteiger partial charge in [0.25, 0.3) is 0 Å². The van der Waals surface area contributed by atoms with Gasteiger partial charge in [0, 0.05) is 0 Å². The molecule has 2 unspecified atom stereocenters. The van der Waals surface area contributed by atoms with Crippen molar-refractivity contribution < 1.29 is 13.9 Å². The number of methoxy groups -OCH3 is 1. The maximum absolute atomic E-state index is 12.6. The van der Waals surface area contributed by atoms with Crippen LogP contribution in [0.25, 0.3) is 0 Å². The lowest BCUT2D eigenvalue weighted by molar-refractivity contribution is -0.143. The number of rotatable bonds is 2. The maximum Gasteiger partial charge on any atom is 0.309 e. The fraction of sp³-hybridized carbons (Fsp3) is 0.700. The van der Waals surface area contributed by atoms with Crippen molar-refractivity contribution >= 4 is 5.97 Å². The molecule has 74 valence electrons. The van der Waals surface area contributed by atoms with Crippen molar-refractivity contribution in [2.45, 2.75) is 20.8 Å². The SMILES string of the molecule is COC(=O)C1C(C=C(C)F)C1(C)C. The molecule has 0 spiro atoms. The lowest BCUT2D eigenvalue weighted by Gasteiger charge is -1.98. The topological polar surface area (TPSA) is 26.3 Å². The highest BCUT2D eigenvalue weighted by atomic mass is 19.1. The Balaban J connectivity index is 2.72. The van der Waals surface area contributed by atoms with E-state index in [2.05, 4.69) is 4.74 Å². The minimum absolute atomic E-state index is 0.00931. The number of hydrogen-bond acceptors (Lipinski definition) is 2. The summed E-state index contributed by atoms with van der Waals surface area (Å²) in [7, 11) is 1.36. The molecule has 0 saturated heterocycles. The zero-order chi connectivity index (χ0) is 10.2. The summed E-state index contributed by atoms with van der Waals surface area (Å²) < 4.78 is 17.2. The largest absolute Gasteiger partial charge is 0.469 e. The Morgan fingerprint density at radius 1 is 1.54 bits per heavy atom. The average Bonchev–Trinajstić information content (AvgIpc) is 2.51. The zero-order valence-electron chi connectivity index (χ0n) is 8.43. The summed E-state index contributed by atoms with van der Waals surface area (Å²) in [6.07, 6.45) is 1.50. The summed E-state index contributed by atoms with van der Waals surface area (Å²) in [4.78, 5) is 11.2. The van der Waals surface area contributed by atoms with Crippen molar-refractivity contribution in [2.75, 3.05) is 7.11 Å². The number of carbonyl (C=O) groups excluding carboxylic acids is 1.